The average Bonchev–Trinajstić information content (AvgIpc) is 3.72. The van der Waals surface area contributed by atoms with E-state index in [0.29, 0.717) is 0 Å². The summed E-state index contributed by atoms with van der Waals surface area (Å²) >= 11 is 1.86. The van der Waals surface area contributed by atoms with Crippen LogP contribution in [0.5, 0.6) is 0 Å². The van der Waals surface area contributed by atoms with Crippen LogP contribution in [0, 0.1) is 0 Å². The summed E-state index contributed by atoms with van der Waals surface area (Å²) in [5.41, 5.74) is 13.0. The van der Waals surface area contributed by atoms with Gasteiger partial charge in [0.2, 0.25) is 0 Å². The highest BCUT2D eigenvalue weighted by Gasteiger charge is 2.20. The van der Waals surface area contributed by atoms with Crippen LogP contribution in [0.25, 0.3) is 97.0 Å². The third-order valence-corrected chi connectivity index (χ3v) is 13.5. The van der Waals surface area contributed by atoms with Crippen molar-refractivity contribution >= 4 is 80.9 Å². The van der Waals surface area contributed by atoms with Crippen molar-refractivity contribution in [3.8, 4) is 44.5 Å². The standard InChI is InChI=1S/C60H39NS/c1-3-16-41(17-4-1)59-55-27-10-9-25-51(55)52-33-31-47(38-56(52)60(59)42-18-5-2-6-19-42)45-22-14-24-49(37-45)61(50-32-34-54-53-26-11-12-28-57(53)62-58(54)39-50)48-23-13-21-44(36-48)46-30-29-40-15-7-8-20-43(40)35-46/h1-39H. The lowest BCUT2D eigenvalue weighted by molar-refractivity contribution is 1.29. The molecule has 0 saturated heterocycles. The minimum atomic E-state index is 1.10. The molecule has 0 bridgehead atoms. The third kappa shape index (κ3) is 6.24. The molecule has 0 atom stereocenters. The summed E-state index contributed by atoms with van der Waals surface area (Å²) in [5, 5.41) is 10.1. The first-order valence-corrected chi connectivity index (χ1v) is 22.1. The fraction of sp³-hybridized carbons (Fsp3) is 0. The Hall–Kier alpha value is -7.78. The summed E-state index contributed by atoms with van der Waals surface area (Å²) in [6, 6.07) is 86.9. The fourth-order valence-electron chi connectivity index (χ4n) is 9.50. The summed E-state index contributed by atoms with van der Waals surface area (Å²) in [6.07, 6.45) is 0. The molecular weight excluding hydrogens is 767 g/mol. The second kappa shape index (κ2) is 15.0. The van der Waals surface area contributed by atoms with Crippen LogP contribution < -0.4 is 4.90 Å². The SMILES string of the molecule is c1ccc(-c2c(-c3ccccc3)c3cc(-c4cccc(N(c5cccc(-c6ccc7ccccc7c6)c5)c5ccc6c(c5)sc5ccccc56)c4)ccc3c3ccccc23)cc1. The number of nitrogens with zero attached hydrogens (tertiary/aromatic N) is 1. The minimum Gasteiger partial charge on any atom is -0.310 e. The average molecular weight is 806 g/mol. The largest absolute Gasteiger partial charge is 0.310 e. The molecule has 0 aliphatic heterocycles. The Bertz CT molecular complexity index is 3640. The number of hydrogen-bond acceptors (Lipinski definition) is 2. The number of hydrogen-bond donors (Lipinski definition) is 0. The van der Waals surface area contributed by atoms with Crippen LogP contribution in [0.2, 0.25) is 0 Å². The van der Waals surface area contributed by atoms with E-state index in [2.05, 4.69) is 241 Å². The van der Waals surface area contributed by atoms with Crippen molar-refractivity contribution in [2.24, 2.45) is 0 Å². The second-order valence-electron chi connectivity index (χ2n) is 16.1. The zero-order valence-corrected chi connectivity index (χ0v) is 34.7. The molecule has 0 fully saturated rings. The quantitative estimate of drug-likeness (QED) is 0.145. The van der Waals surface area contributed by atoms with E-state index in [9.17, 15) is 0 Å². The maximum atomic E-state index is 2.43. The van der Waals surface area contributed by atoms with Gasteiger partial charge >= 0.3 is 0 Å². The van der Waals surface area contributed by atoms with Crippen molar-refractivity contribution < 1.29 is 0 Å². The van der Waals surface area contributed by atoms with Gasteiger partial charge in [0.15, 0.2) is 0 Å². The molecule has 2 heteroatoms. The summed E-state index contributed by atoms with van der Waals surface area (Å²) in [5.74, 6) is 0. The summed E-state index contributed by atoms with van der Waals surface area (Å²) in [6.45, 7) is 0. The predicted molar refractivity (Wildman–Crippen MR) is 268 cm³/mol. The van der Waals surface area contributed by atoms with E-state index < -0.39 is 0 Å². The third-order valence-electron chi connectivity index (χ3n) is 12.4. The molecule has 0 radical (unpaired) electrons. The number of rotatable bonds is 7. The number of thiophene rings is 1. The molecule has 1 heterocycles. The first kappa shape index (κ1) is 36.1. The highest BCUT2D eigenvalue weighted by molar-refractivity contribution is 7.25. The van der Waals surface area contributed by atoms with Gasteiger partial charge in [-0.05, 0) is 131 Å². The van der Waals surface area contributed by atoms with Crippen LogP contribution in [-0.2, 0) is 0 Å². The van der Waals surface area contributed by atoms with Crippen LogP contribution in [0.4, 0.5) is 17.1 Å². The van der Waals surface area contributed by atoms with Crippen molar-refractivity contribution in [3.05, 3.63) is 237 Å². The first-order chi connectivity index (χ1) is 30.7. The van der Waals surface area contributed by atoms with E-state index in [1.54, 1.807) is 0 Å². The number of anilines is 3. The molecule has 62 heavy (non-hydrogen) atoms. The normalized spacial score (nSPS) is 11.5. The molecule has 12 rings (SSSR count). The van der Waals surface area contributed by atoms with E-state index in [1.165, 1.54) is 91.4 Å². The number of benzene rings is 11. The molecule has 12 aromatic rings. The molecule has 11 aromatic carbocycles. The van der Waals surface area contributed by atoms with Crippen molar-refractivity contribution in [1.82, 2.24) is 0 Å². The molecule has 0 saturated carbocycles. The van der Waals surface area contributed by atoms with Crippen LogP contribution >= 0.6 is 11.3 Å². The van der Waals surface area contributed by atoms with Crippen LogP contribution in [0.3, 0.4) is 0 Å². The van der Waals surface area contributed by atoms with E-state index >= 15 is 0 Å². The fourth-order valence-corrected chi connectivity index (χ4v) is 10.6. The minimum absolute atomic E-state index is 1.10. The second-order valence-corrected chi connectivity index (χ2v) is 17.1. The summed E-state index contributed by atoms with van der Waals surface area (Å²) < 4.78 is 2.58. The Labute approximate surface area is 365 Å². The molecule has 0 amide bonds. The Morgan fingerprint density at radius 1 is 0.242 bits per heavy atom. The van der Waals surface area contributed by atoms with Crippen molar-refractivity contribution in [1.29, 1.82) is 0 Å². The lowest BCUT2D eigenvalue weighted by Crippen LogP contribution is -2.10. The zero-order chi connectivity index (χ0) is 41.0. The summed E-state index contributed by atoms with van der Waals surface area (Å²) in [4.78, 5) is 2.43. The van der Waals surface area contributed by atoms with Crippen molar-refractivity contribution in [2.75, 3.05) is 4.90 Å². The van der Waals surface area contributed by atoms with Gasteiger partial charge in [0.1, 0.15) is 0 Å². The van der Waals surface area contributed by atoms with E-state index in [4.69, 9.17) is 0 Å². The topological polar surface area (TPSA) is 3.24 Å². The Morgan fingerprint density at radius 2 is 0.726 bits per heavy atom. The van der Waals surface area contributed by atoms with Crippen LogP contribution in [0.15, 0.2) is 237 Å². The zero-order valence-electron chi connectivity index (χ0n) is 33.9. The van der Waals surface area contributed by atoms with Gasteiger partial charge in [-0.25, -0.2) is 0 Å². The lowest BCUT2D eigenvalue weighted by atomic mass is 9.84. The van der Waals surface area contributed by atoms with Gasteiger partial charge in [-0.2, -0.15) is 0 Å². The molecule has 0 aliphatic rings. The van der Waals surface area contributed by atoms with E-state index in [1.807, 2.05) is 11.3 Å². The van der Waals surface area contributed by atoms with Crippen molar-refractivity contribution in [2.45, 2.75) is 0 Å². The predicted octanol–water partition coefficient (Wildman–Crippen LogP) is 17.7. The van der Waals surface area contributed by atoms with E-state index in [0.717, 1.165) is 22.6 Å². The van der Waals surface area contributed by atoms with Crippen molar-refractivity contribution in [3.63, 3.8) is 0 Å². The molecule has 0 spiro atoms. The molecule has 1 nitrogen and oxygen atoms in total. The Kier molecular flexibility index (Phi) is 8.76. The van der Waals surface area contributed by atoms with Gasteiger partial charge in [0.25, 0.3) is 0 Å². The van der Waals surface area contributed by atoms with Crippen LogP contribution in [0.1, 0.15) is 0 Å². The number of fused-ring (bicyclic) bond motifs is 7. The van der Waals surface area contributed by atoms with Gasteiger partial charge < -0.3 is 4.90 Å². The Balaban J connectivity index is 1.05. The maximum Gasteiger partial charge on any atom is 0.0476 e. The van der Waals surface area contributed by atoms with Gasteiger partial charge in [-0.15, -0.1) is 11.3 Å². The molecule has 0 aliphatic carbocycles. The van der Waals surface area contributed by atoms with Gasteiger partial charge in [0.05, 0.1) is 0 Å². The van der Waals surface area contributed by atoms with Gasteiger partial charge in [-0.1, -0.05) is 182 Å². The Morgan fingerprint density at radius 3 is 1.45 bits per heavy atom. The highest BCUT2D eigenvalue weighted by Crippen LogP contribution is 2.47. The van der Waals surface area contributed by atoms with Gasteiger partial charge in [-0.3, -0.25) is 0 Å². The molecule has 1 aromatic heterocycles. The summed E-state index contributed by atoms with van der Waals surface area (Å²) in [7, 11) is 0. The molecule has 290 valence electrons. The molecule has 0 N–H and O–H groups in total. The smallest absolute Gasteiger partial charge is 0.0476 e. The molecular formula is C60H39NS. The monoisotopic (exact) mass is 805 g/mol. The lowest BCUT2D eigenvalue weighted by Gasteiger charge is -2.27. The van der Waals surface area contributed by atoms with Gasteiger partial charge in [0, 0.05) is 37.2 Å². The molecule has 0 unspecified atom stereocenters. The van der Waals surface area contributed by atoms with E-state index in [-0.39, 0.29) is 0 Å². The van der Waals surface area contributed by atoms with Crippen LogP contribution in [-0.4, -0.2) is 0 Å². The highest BCUT2D eigenvalue weighted by atomic mass is 32.1. The maximum absolute atomic E-state index is 2.43. The first-order valence-electron chi connectivity index (χ1n) is 21.2.